The maximum absolute atomic E-state index is 13.4. The summed E-state index contributed by atoms with van der Waals surface area (Å²) in [5, 5.41) is 8.59. The van der Waals surface area contributed by atoms with E-state index in [0.717, 1.165) is 12.1 Å². The molecular formula is C14H8F2O3. The molecule has 0 aliphatic carbocycles. The Morgan fingerprint density at radius 1 is 0.895 bits per heavy atom. The maximum atomic E-state index is 13.4. The lowest BCUT2D eigenvalue weighted by Gasteiger charge is -2.05. The van der Waals surface area contributed by atoms with Crippen molar-refractivity contribution in [1.82, 2.24) is 0 Å². The molecule has 5 heteroatoms. The second-order valence-electron chi connectivity index (χ2n) is 3.84. The number of carbonyl (C=O) groups is 2. The third kappa shape index (κ3) is 2.65. The van der Waals surface area contributed by atoms with Gasteiger partial charge in [-0.05, 0) is 35.4 Å². The van der Waals surface area contributed by atoms with E-state index in [1.807, 2.05) is 0 Å². The van der Waals surface area contributed by atoms with Gasteiger partial charge in [0.25, 0.3) is 5.78 Å². The summed E-state index contributed by atoms with van der Waals surface area (Å²) in [6, 6.07) is 8.89. The first-order chi connectivity index (χ1) is 8.99. The van der Waals surface area contributed by atoms with E-state index >= 15 is 0 Å². The van der Waals surface area contributed by atoms with Crippen LogP contribution in [0.1, 0.15) is 10.4 Å². The molecule has 0 heterocycles. The van der Waals surface area contributed by atoms with Crippen LogP contribution in [0.15, 0.2) is 42.5 Å². The summed E-state index contributed by atoms with van der Waals surface area (Å²) in [5.41, 5.74) is 0.473. The summed E-state index contributed by atoms with van der Waals surface area (Å²) in [7, 11) is 0. The molecule has 96 valence electrons. The monoisotopic (exact) mass is 262 g/mol. The lowest BCUT2D eigenvalue weighted by atomic mass is 10.0. The molecule has 0 fully saturated rings. The number of Topliss-reactive ketones (excluding diaryl/α,β-unsaturated/α-hetero) is 1. The summed E-state index contributed by atoms with van der Waals surface area (Å²) in [5.74, 6) is -4.37. The van der Waals surface area contributed by atoms with E-state index in [0.29, 0.717) is 11.1 Å². The second-order valence-corrected chi connectivity index (χ2v) is 3.84. The quantitative estimate of drug-likeness (QED) is 0.683. The van der Waals surface area contributed by atoms with Crippen molar-refractivity contribution < 1.29 is 23.5 Å². The molecule has 2 aromatic carbocycles. The highest BCUT2D eigenvalue weighted by Crippen LogP contribution is 2.22. The minimum absolute atomic E-state index is 0.423. The number of halogens is 2. The Morgan fingerprint density at radius 2 is 1.47 bits per heavy atom. The highest BCUT2D eigenvalue weighted by Gasteiger charge is 2.19. The lowest BCUT2D eigenvalue weighted by molar-refractivity contribution is -0.131. The van der Waals surface area contributed by atoms with Gasteiger partial charge < -0.3 is 5.11 Å². The molecule has 0 amide bonds. The van der Waals surface area contributed by atoms with Crippen molar-refractivity contribution >= 4 is 11.8 Å². The largest absolute Gasteiger partial charge is 0.475 e. The van der Waals surface area contributed by atoms with Crippen molar-refractivity contribution in [3.63, 3.8) is 0 Å². The predicted molar refractivity (Wildman–Crippen MR) is 63.8 cm³/mol. The van der Waals surface area contributed by atoms with Crippen molar-refractivity contribution in [3.05, 3.63) is 59.7 Å². The van der Waals surface area contributed by atoms with Crippen molar-refractivity contribution in [2.45, 2.75) is 0 Å². The fourth-order valence-corrected chi connectivity index (χ4v) is 1.64. The molecule has 0 unspecified atom stereocenters. The molecule has 3 nitrogen and oxygen atoms in total. The molecule has 0 aliphatic heterocycles. The van der Waals surface area contributed by atoms with Gasteiger partial charge in [-0.25, -0.2) is 13.6 Å². The van der Waals surface area contributed by atoms with Crippen molar-refractivity contribution in [3.8, 4) is 11.1 Å². The zero-order chi connectivity index (χ0) is 14.0. The van der Waals surface area contributed by atoms with Gasteiger partial charge in [0.2, 0.25) is 0 Å². The Labute approximate surface area is 107 Å². The third-order valence-corrected chi connectivity index (χ3v) is 2.58. The van der Waals surface area contributed by atoms with E-state index in [4.69, 9.17) is 5.11 Å². The molecule has 1 N–H and O–H groups in total. The van der Waals surface area contributed by atoms with Gasteiger partial charge in [-0.3, -0.25) is 4.79 Å². The zero-order valence-corrected chi connectivity index (χ0v) is 9.56. The van der Waals surface area contributed by atoms with Gasteiger partial charge in [-0.1, -0.05) is 18.2 Å². The topological polar surface area (TPSA) is 54.4 Å². The third-order valence-electron chi connectivity index (χ3n) is 2.58. The van der Waals surface area contributed by atoms with Gasteiger partial charge in [0.05, 0.1) is 5.56 Å². The van der Waals surface area contributed by atoms with Crippen LogP contribution in [0.5, 0.6) is 0 Å². The number of carbonyl (C=O) groups excluding carboxylic acids is 1. The molecule has 0 saturated carbocycles. The van der Waals surface area contributed by atoms with Crippen LogP contribution in [0.2, 0.25) is 0 Å². The summed E-state index contributed by atoms with van der Waals surface area (Å²) >= 11 is 0. The summed E-state index contributed by atoms with van der Waals surface area (Å²) in [6.45, 7) is 0. The Balaban J connectivity index is 2.49. The summed E-state index contributed by atoms with van der Waals surface area (Å²) in [6.07, 6.45) is 0. The first kappa shape index (κ1) is 12.9. The first-order valence-electron chi connectivity index (χ1n) is 5.32. The molecule has 2 rings (SSSR count). The number of aliphatic carboxylic acids is 1. The van der Waals surface area contributed by atoms with E-state index in [-0.39, 0.29) is 0 Å². The minimum Gasteiger partial charge on any atom is -0.475 e. The highest BCUT2D eigenvalue weighted by molar-refractivity contribution is 6.40. The van der Waals surface area contributed by atoms with E-state index in [1.54, 1.807) is 0 Å². The summed E-state index contributed by atoms with van der Waals surface area (Å²) in [4.78, 5) is 21.9. The van der Waals surface area contributed by atoms with Gasteiger partial charge in [-0.15, -0.1) is 0 Å². The zero-order valence-electron chi connectivity index (χ0n) is 9.56. The molecule has 0 aliphatic rings. The number of rotatable bonds is 3. The number of carboxylic acids is 1. The van der Waals surface area contributed by atoms with Crippen molar-refractivity contribution in [2.24, 2.45) is 0 Å². The fraction of sp³-hybridized carbons (Fsp3) is 0. The smallest absolute Gasteiger partial charge is 0.377 e. The molecule has 0 bridgehead atoms. The minimum atomic E-state index is -1.73. The molecule has 0 saturated heterocycles. The molecule has 2 aromatic rings. The molecule has 0 aromatic heterocycles. The van der Waals surface area contributed by atoms with E-state index in [9.17, 15) is 18.4 Å². The number of carboxylic acid groups (broad SMARTS) is 1. The van der Waals surface area contributed by atoms with Crippen LogP contribution in [-0.2, 0) is 4.79 Å². The number of benzene rings is 2. The number of hydrogen-bond donors (Lipinski definition) is 1. The van der Waals surface area contributed by atoms with Crippen molar-refractivity contribution in [2.75, 3.05) is 0 Å². The van der Waals surface area contributed by atoms with Crippen LogP contribution >= 0.6 is 0 Å². The number of hydrogen-bond acceptors (Lipinski definition) is 2. The SMILES string of the molecule is O=C(O)C(=O)c1cc(-c2ccc(F)cc2)ccc1F. The highest BCUT2D eigenvalue weighted by atomic mass is 19.1. The van der Waals surface area contributed by atoms with Crippen LogP contribution in [-0.4, -0.2) is 16.9 Å². The Morgan fingerprint density at radius 3 is 2.05 bits per heavy atom. The van der Waals surface area contributed by atoms with Gasteiger partial charge in [0.15, 0.2) is 0 Å². The summed E-state index contributed by atoms with van der Waals surface area (Å²) < 4.78 is 26.2. The first-order valence-corrected chi connectivity index (χ1v) is 5.32. The van der Waals surface area contributed by atoms with E-state index in [1.165, 1.54) is 30.3 Å². The number of ketones is 1. The standard InChI is InChI=1S/C14H8F2O3/c15-10-4-1-8(2-5-10)9-3-6-12(16)11(7-9)13(17)14(18)19/h1-7H,(H,18,19). The second kappa shape index (κ2) is 4.97. The van der Waals surface area contributed by atoms with Crippen LogP contribution < -0.4 is 0 Å². The van der Waals surface area contributed by atoms with E-state index < -0.39 is 29.0 Å². The van der Waals surface area contributed by atoms with Crippen LogP contribution in [0, 0.1) is 11.6 Å². The van der Waals surface area contributed by atoms with E-state index in [2.05, 4.69) is 0 Å². The molecule has 19 heavy (non-hydrogen) atoms. The average Bonchev–Trinajstić information content (AvgIpc) is 2.39. The maximum Gasteiger partial charge on any atom is 0.377 e. The predicted octanol–water partition coefficient (Wildman–Crippen LogP) is 2.90. The van der Waals surface area contributed by atoms with Gasteiger partial charge in [0.1, 0.15) is 11.6 Å². The Bertz CT molecular complexity index is 648. The average molecular weight is 262 g/mol. The normalized spacial score (nSPS) is 10.2. The van der Waals surface area contributed by atoms with Gasteiger partial charge in [0, 0.05) is 0 Å². The molecule has 0 atom stereocenters. The Hall–Kier alpha value is -2.56. The lowest BCUT2D eigenvalue weighted by Crippen LogP contribution is -2.14. The molecular weight excluding hydrogens is 254 g/mol. The Kier molecular flexibility index (Phi) is 3.37. The van der Waals surface area contributed by atoms with Gasteiger partial charge in [-0.2, -0.15) is 0 Å². The van der Waals surface area contributed by atoms with Crippen LogP contribution in [0.4, 0.5) is 8.78 Å². The van der Waals surface area contributed by atoms with Crippen molar-refractivity contribution in [1.29, 1.82) is 0 Å². The molecule has 0 radical (unpaired) electrons. The van der Waals surface area contributed by atoms with Crippen LogP contribution in [0.3, 0.4) is 0 Å². The molecule has 0 spiro atoms. The van der Waals surface area contributed by atoms with Gasteiger partial charge >= 0.3 is 5.97 Å². The fourth-order valence-electron chi connectivity index (χ4n) is 1.64. The van der Waals surface area contributed by atoms with Crippen LogP contribution in [0.25, 0.3) is 11.1 Å².